The maximum Gasteiger partial charge on any atom is 0.243 e. The fourth-order valence-electron chi connectivity index (χ4n) is 3.47. The SMILES string of the molecule is Cc1ccc(Br)cc1S(=O)(=O)N1CC2CCCN2CC1C. The van der Waals surface area contributed by atoms with Crippen LogP contribution in [0.2, 0.25) is 0 Å². The standard InChI is InChI=1S/C15H21BrN2O2S/c1-11-5-6-13(16)8-15(11)21(19,20)18-10-14-4-3-7-17(14)9-12(18)2/h5-6,8,12,14H,3-4,7,9-10H2,1-2H3. The summed E-state index contributed by atoms with van der Waals surface area (Å²) >= 11 is 3.38. The summed E-state index contributed by atoms with van der Waals surface area (Å²) in [5, 5.41) is 0. The summed E-state index contributed by atoms with van der Waals surface area (Å²) in [6.07, 6.45) is 2.29. The summed E-state index contributed by atoms with van der Waals surface area (Å²) in [7, 11) is -3.43. The smallest absolute Gasteiger partial charge is 0.243 e. The van der Waals surface area contributed by atoms with Crippen LogP contribution in [0.5, 0.6) is 0 Å². The van der Waals surface area contributed by atoms with Crippen molar-refractivity contribution in [2.45, 2.75) is 43.7 Å². The van der Waals surface area contributed by atoms with Gasteiger partial charge in [-0.1, -0.05) is 22.0 Å². The fraction of sp³-hybridized carbons (Fsp3) is 0.600. The van der Waals surface area contributed by atoms with Crippen molar-refractivity contribution < 1.29 is 8.42 Å². The Morgan fingerprint density at radius 2 is 2.05 bits per heavy atom. The normalized spacial score (nSPS) is 27.8. The molecule has 21 heavy (non-hydrogen) atoms. The Hall–Kier alpha value is -0.430. The van der Waals surface area contributed by atoms with Crippen molar-refractivity contribution in [3.05, 3.63) is 28.2 Å². The summed E-state index contributed by atoms with van der Waals surface area (Å²) in [5.41, 5.74) is 0.805. The van der Waals surface area contributed by atoms with Gasteiger partial charge in [0.05, 0.1) is 4.90 Å². The number of fused-ring (bicyclic) bond motifs is 1. The molecule has 0 aromatic heterocycles. The topological polar surface area (TPSA) is 40.6 Å². The van der Waals surface area contributed by atoms with Gasteiger partial charge in [-0.15, -0.1) is 0 Å². The first-order chi connectivity index (χ1) is 9.89. The first-order valence-corrected chi connectivity index (χ1v) is 9.65. The molecule has 2 atom stereocenters. The van der Waals surface area contributed by atoms with Gasteiger partial charge >= 0.3 is 0 Å². The lowest BCUT2D eigenvalue weighted by molar-refractivity contribution is 0.117. The number of halogens is 1. The highest BCUT2D eigenvalue weighted by Gasteiger charge is 2.40. The number of rotatable bonds is 2. The van der Waals surface area contributed by atoms with Gasteiger partial charge in [0, 0.05) is 29.6 Å². The molecule has 2 saturated heterocycles. The lowest BCUT2D eigenvalue weighted by Gasteiger charge is -2.41. The monoisotopic (exact) mass is 372 g/mol. The Morgan fingerprint density at radius 3 is 2.81 bits per heavy atom. The van der Waals surface area contributed by atoms with Gasteiger partial charge in [-0.3, -0.25) is 4.90 Å². The number of sulfonamides is 1. The van der Waals surface area contributed by atoms with Crippen LogP contribution in [0.1, 0.15) is 25.3 Å². The Morgan fingerprint density at radius 1 is 1.29 bits per heavy atom. The van der Waals surface area contributed by atoms with E-state index in [1.54, 1.807) is 10.4 Å². The maximum absolute atomic E-state index is 13.0. The molecule has 2 fully saturated rings. The zero-order chi connectivity index (χ0) is 15.2. The van der Waals surface area contributed by atoms with Crippen LogP contribution in [0.3, 0.4) is 0 Å². The third kappa shape index (κ3) is 2.79. The third-order valence-electron chi connectivity index (χ3n) is 4.62. The fourth-order valence-corrected chi connectivity index (χ4v) is 5.90. The van der Waals surface area contributed by atoms with Crippen molar-refractivity contribution in [3.8, 4) is 0 Å². The van der Waals surface area contributed by atoms with E-state index in [2.05, 4.69) is 20.8 Å². The van der Waals surface area contributed by atoms with Crippen molar-refractivity contribution in [2.75, 3.05) is 19.6 Å². The molecule has 1 aromatic carbocycles. The van der Waals surface area contributed by atoms with Gasteiger partial charge in [0.15, 0.2) is 0 Å². The van der Waals surface area contributed by atoms with Gasteiger partial charge in [0.1, 0.15) is 0 Å². The van der Waals surface area contributed by atoms with E-state index < -0.39 is 10.0 Å². The molecule has 3 rings (SSSR count). The van der Waals surface area contributed by atoms with E-state index >= 15 is 0 Å². The molecule has 0 aliphatic carbocycles. The summed E-state index contributed by atoms with van der Waals surface area (Å²) in [6.45, 7) is 6.44. The molecule has 2 heterocycles. The van der Waals surface area contributed by atoms with Gasteiger partial charge < -0.3 is 0 Å². The molecule has 2 unspecified atom stereocenters. The molecule has 1 aromatic rings. The van der Waals surface area contributed by atoms with E-state index in [1.807, 2.05) is 26.0 Å². The van der Waals surface area contributed by atoms with Gasteiger partial charge in [-0.2, -0.15) is 4.31 Å². The van der Waals surface area contributed by atoms with Crippen LogP contribution >= 0.6 is 15.9 Å². The van der Waals surface area contributed by atoms with Crippen molar-refractivity contribution in [1.82, 2.24) is 9.21 Å². The zero-order valence-corrected chi connectivity index (χ0v) is 14.8. The predicted molar refractivity (Wildman–Crippen MR) is 86.8 cm³/mol. The highest BCUT2D eigenvalue weighted by Crippen LogP contribution is 2.31. The molecular formula is C15H21BrN2O2S. The lowest BCUT2D eigenvalue weighted by atomic mass is 10.1. The van der Waals surface area contributed by atoms with E-state index in [0.717, 1.165) is 29.5 Å². The number of hydrogen-bond acceptors (Lipinski definition) is 3. The van der Waals surface area contributed by atoms with Crippen LogP contribution in [0.4, 0.5) is 0 Å². The molecule has 116 valence electrons. The molecular weight excluding hydrogens is 352 g/mol. The molecule has 2 aliphatic rings. The Bertz CT molecular complexity index is 647. The molecule has 0 amide bonds. The van der Waals surface area contributed by atoms with Crippen LogP contribution in [0, 0.1) is 6.92 Å². The number of aryl methyl sites for hydroxylation is 1. The average Bonchev–Trinajstić information content (AvgIpc) is 2.87. The summed E-state index contributed by atoms with van der Waals surface area (Å²) in [4.78, 5) is 2.86. The highest BCUT2D eigenvalue weighted by molar-refractivity contribution is 9.10. The van der Waals surface area contributed by atoms with Gasteiger partial charge in [0.2, 0.25) is 10.0 Å². The van der Waals surface area contributed by atoms with E-state index in [9.17, 15) is 8.42 Å². The second kappa shape index (κ2) is 5.65. The highest BCUT2D eigenvalue weighted by atomic mass is 79.9. The second-order valence-corrected chi connectivity index (χ2v) is 8.90. The predicted octanol–water partition coefficient (Wildman–Crippen LogP) is 2.61. The molecule has 6 heteroatoms. The van der Waals surface area contributed by atoms with Crippen molar-refractivity contribution in [2.24, 2.45) is 0 Å². The molecule has 0 saturated carbocycles. The number of piperazine rings is 1. The minimum Gasteiger partial charge on any atom is -0.297 e. The Labute approximate surface area is 135 Å². The molecule has 0 N–H and O–H groups in total. The zero-order valence-electron chi connectivity index (χ0n) is 12.4. The van der Waals surface area contributed by atoms with Gasteiger partial charge in [-0.25, -0.2) is 8.42 Å². The third-order valence-corrected chi connectivity index (χ3v) is 7.23. The first-order valence-electron chi connectivity index (χ1n) is 7.41. The van der Waals surface area contributed by atoms with Gasteiger partial charge in [-0.05, 0) is 50.9 Å². The lowest BCUT2D eigenvalue weighted by Crippen LogP contribution is -2.56. The Balaban J connectivity index is 1.95. The number of benzene rings is 1. The second-order valence-electron chi connectivity index (χ2n) is 6.12. The molecule has 0 spiro atoms. The summed E-state index contributed by atoms with van der Waals surface area (Å²) < 4.78 is 28.6. The van der Waals surface area contributed by atoms with Crippen molar-refractivity contribution in [1.29, 1.82) is 0 Å². The van der Waals surface area contributed by atoms with Crippen LogP contribution < -0.4 is 0 Å². The van der Waals surface area contributed by atoms with Crippen LogP contribution in [0.15, 0.2) is 27.6 Å². The first kappa shape index (κ1) is 15.5. The van der Waals surface area contributed by atoms with Crippen LogP contribution in [-0.2, 0) is 10.0 Å². The molecule has 0 bridgehead atoms. The van der Waals surface area contributed by atoms with Gasteiger partial charge in [0.25, 0.3) is 0 Å². The minimum atomic E-state index is -3.43. The quantitative estimate of drug-likeness (QED) is 0.800. The molecule has 4 nitrogen and oxygen atoms in total. The largest absolute Gasteiger partial charge is 0.297 e. The maximum atomic E-state index is 13.0. The van der Waals surface area contributed by atoms with E-state index in [1.165, 1.54) is 6.42 Å². The average molecular weight is 373 g/mol. The minimum absolute atomic E-state index is 0.0303. The van der Waals surface area contributed by atoms with Crippen molar-refractivity contribution >= 4 is 26.0 Å². The molecule has 2 aliphatic heterocycles. The summed E-state index contributed by atoms with van der Waals surface area (Å²) in [5.74, 6) is 0. The Kier molecular flexibility index (Phi) is 4.16. The van der Waals surface area contributed by atoms with Crippen LogP contribution in [0.25, 0.3) is 0 Å². The van der Waals surface area contributed by atoms with Crippen molar-refractivity contribution in [3.63, 3.8) is 0 Å². The molecule has 0 radical (unpaired) electrons. The van der Waals surface area contributed by atoms with E-state index in [4.69, 9.17) is 0 Å². The number of hydrogen-bond donors (Lipinski definition) is 0. The van der Waals surface area contributed by atoms with E-state index in [-0.39, 0.29) is 6.04 Å². The summed E-state index contributed by atoms with van der Waals surface area (Å²) in [6, 6.07) is 5.88. The van der Waals surface area contributed by atoms with Crippen LogP contribution in [-0.4, -0.2) is 49.3 Å². The van der Waals surface area contributed by atoms with E-state index in [0.29, 0.717) is 17.5 Å². The number of nitrogens with zero attached hydrogens (tertiary/aromatic N) is 2.